The summed E-state index contributed by atoms with van der Waals surface area (Å²) in [6, 6.07) is 0.393. The van der Waals surface area contributed by atoms with Gasteiger partial charge in [-0.3, -0.25) is 4.79 Å². The average Bonchev–Trinajstić information content (AvgIpc) is 2.27. The molecule has 6 heteroatoms. The highest BCUT2D eigenvalue weighted by atomic mass is 16.4. The van der Waals surface area contributed by atoms with Gasteiger partial charge in [0.1, 0.15) is 0 Å². The minimum Gasteiger partial charge on any atom is -0.548 e. The Bertz CT molecular complexity index is 322. The number of rotatable bonds is 6. The lowest BCUT2D eigenvalue weighted by Gasteiger charge is -2.23. The number of quaternary nitrogens is 1. The highest BCUT2D eigenvalue weighted by Gasteiger charge is 2.24. The summed E-state index contributed by atoms with van der Waals surface area (Å²) in [5, 5.41) is 20.6. The van der Waals surface area contributed by atoms with Crippen molar-refractivity contribution in [3.63, 3.8) is 0 Å². The molecule has 0 saturated heterocycles. The molecule has 0 rings (SSSR count). The molecule has 0 spiro atoms. The van der Waals surface area contributed by atoms with Gasteiger partial charge in [-0.25, -0.2) is 0 Å². The van der Waals surface area contributed by atoms with Crippen molar-refractivity contribution in [1.82, 2.24) is 5.32 Å². The molecule has 0 aromatic carbocycles. The predicted octanol–water partition coefficient (Wildman–Crippen LogP) is -0.936. The summed E-state index contributed by atoms with van der Waals surface area (Å²) < 4.78 is 0. The van der Waals surface area contributed by atoms with Crippen LogP contribution in [0.15, 0.2) is 0 Å². The van der Waals surface area contributed by atoms with Crippen LogP contribution in [0.3, 0.4) is 0 Å². The van der Waals surface area contributed by atoms with E-state index in [1.165, 1.54) is 6.92 Å². The van der Waals surface area contributed by atoms with Gasteiger partial charge in [-0.2, -0.15) is 5.26 Å². The van der Waals surface area contributed by atoms with E-state index in [-0.39, 0.29) is 17.7 Å². The molecule has 110 valence electrons. The van der Waals surface area contributed by atoms with Crippen LogP contribution in [0.4, 0.5) is 0 Å². The number of nitrogens with one attached hydrogen (secondary N) is 1. The monoisotopic (exact) mass is 271 g/mol. The van der Waals surface area contributed by atoms with Gasteiger partial charge in [0.05, 0.1) is 18.1 Å². The van der Waals surface area contributed by atoms with E-state index in [1.54, 1.807) is 6.07 Å². The Balaban J connectivity index is 0. The molecule has 0 aromatic rings. The number of hydrogen-bond acceptors (Lipinski definition) is 4. The summed E-state index contributed by atoms with van der Waals surface area (Å²) in [5.41, 5.74) is 3.70. The molecule has 0 fully saturated rings. The Morgan fingerprint density at radius 3 is 2.00 bits per heavy atom. The van der Waals surface area contributed by atoms with E-state index in [0.717, 1.165) is 0 Å². The Morgan fingerprint density at radius 2 is 1.74 bits per heavy atom. The van der Waals surface area contributed by atoms with Crippen molar-refractivity contribution >= 4 is 11.9 Å². The van der Waals surface area contributed by atoms with Crippen LogP contribution >= 0.6 is 0 Å². The molecule has 2 atom stereocenters. The zero-order chi connectivity index (χ0) is 15.6. The molecule has 1 amide bonds. The fourth-order valence-electron chi connectivity index (χ4n) is 1.27. The SMILES string of the molecule is CC#N.CC(C)C[C@H](NC(=O)[C@@H]([NH3+])C(C)C)C(=O)[O-]. The molecule has 0 aliphatic heterocycles. The van der Waals surface area contributed by atoms with Gasteiger partial charge in [0.15, 0.2) is 6.04 Å². The van der Waals surface area contributed by atoms with E-state index >= 15 is 0 Å². The molecule has 0 heterocycles. The highest BCUT2D eigenvalue weighted by Crippen LogP contribution is 2.05. The third kappa shape index (κ3) is 10.0. The summed E-state index contributed by atoms with van der Waals surface area (Å²) >= 11 is 0. The van der Waals surface area contributed by atoms with E-state index in [9.17, 15) is 14.7 Å². The maximum absolute atomic E-state index is 11.6. The van der Waals surface area contributed by atoms with Crippen molar-refractivity contribution in [1.29, 1.82) is 5.26 Å². The maximum Gasteiger partial charge on any atom is 0.278 e. The minimum atomic E-state index is -1.24. The Hall–Kier alpha value is -1.61. The van der Waals surface area contributed by atoms with Crippen LogP contribution in [0.5, 0.6) is 0 Å². The van der Waals surface area contributed by atoms with Crippen molar-refractivity contribution in [2.45, 2.75) is 53.1 Å². The lowest BCUT2D eigenvalue weighted by Crippen LogP contribution is -2.71. The van der Waals surface area contributed by atoms with E-state index in [1.807, 2.05) is 27.7 Å². The zero-order valence-electron chi connectivity index (χ0n) is 12.4. The first-order chi connectivity index (χ1) is 8.67. The first-order valence-corrected chi connectivity index (χ1v) is 6.32. The molecular formula is C13H25N3O3. The van der Waals surface area contributed by atoms with Crippen molar-refractivity contribution in [2.24, 2.45) is 11.8 Å². The first-order valence-electron chi connectivity index (χ1n) is 6.32. The van der Waals surface area contributed by atoms with Crippen LogP contribution < -0.4 is 16.2 Å². The molecule has 0 bridgehead atoms. The van der Waals surface area contributed by atoms with E-state index < -0.39 is 18.1 Å². The number of carbonyl (C=O) groups is 2. The molecule has 4 N–H and O–H groups in total. The van der Waals surface area contributed by atoms with Gasteiger partial charge in [0.2, 0.25) is 0 Å². The number of carboxylic acid groups (broad SMARTS) is 1. The Kier molecular flexibility index (Phi) is 10.7. The van der Waals surface area contributed by atoms with Gasteiger partial charge in [0, 0.05) is 12.8 Å². The number of carboxylic acids is 1. The molecule has 19 heavy (non-hydrogen) atoms. The molecule has 0 aromatic heterocycles. The second kappa shape index (κ2) is 10.3. The zero-order valence-corrected chi connectivity index (χ0v) is 12.4. The topological polar surface area (TPSA) is 121 Å². The van der Waals surface area contributed by atoms with Crippen LogP contribution in [0.1, 0.15) is 41.0 Å². The fraction of sp³-hybridized carbons (Fsp3) is 0.769. The van der Waals surface area contributed by atoms with Gasteiger partial charge in [-0.1, -0.05) is 27.7 Å². The van der Waals surface area contributed by atoms with Gasteiger partial charge < -0.3 is 21.0 Å². The van der Waals surface area contributed by atoms with Crippen LogP contribution in [0.2, 0.25) is 0 Å². The van der Waals surface area contributed by atoms with Crippen LogP contribution in [0, 0.1) is 23.2 Å². The summed E-state index contributed by atoms with van der Waals surface area (Å²) in [4.78, 5) is 22.4. The Morgan fingerprint density at radius 1 is 1.32 bits per heavy atom. The van der Waals surface area contributed by atoms with Crippen molar-refractivity contribution < 1.29 is 20.4 Å². The number of aliphatic carboxylic acids is 1. The smallest absolute Gasteiger partial charge is 0.278 e. The lowest BCUT2D eigenvalue weighted by molar-refractivity contribution is -0.414. The molecule has 0 aliphatic rings. The highest BCUT2D eigenvalue weighted by molar-refractivity contribution is 5.85. The number of hydrogen-bond donors (Lipinski definition) is 2. The van der Waals surface area contributed by atoms with E-state index in [2.05, 4.69) is 11.1 Å². The number of carbonyl (C=O) groups excluding carboxylic acids is 2. The normalized spacial score (nSPS) is 13.0. The summed E-state index contributed by atoms with van der Waals surface area (Å²) in [7, 11) is 0. The Labute approximate surface area is 115 Å². The second-order valence-electron chi connectivity index (χ2n) is 5.08. The van der Waals surface area contributed by atoms with Gasteiger partial charge >= 0.3 is 0 Å². The number of nitriles is 1. The maximum atomic E-state index is 11.6. The molecule has 0 radical (unpaired) electrons. The summed E-state index contributed by atoms with van der Waals surface area (Å²) in [5.74, 6) is -1.30. The van der Waals surface area contributed by atoms with Crippen LogP contribution in [0.25, 0.3) is 0 Å². The summed E-state index contributed by atoms with van der Waals surface area (Å²) in [6.07, 6.45) is 0.374. The molecule has 0 saturated carbocycles. The molecule has 0 aliphatic carbocycles. The second-order valence-corrected chi connectivity index (χ2v) is 5.08. The van der Waals surface area contributed by atoms with Crippen LogP contribution in [-0.4, -0.2) is 24.0 Å². The van der Waals surface area contributed by atoms with E-state index in [4.69, 9.17) is 5.26 Å². The van der Waals surface area contributed by atoms with Crippen molar-refractivity contribution in [2.75, 3.05) is 0 Å². The van der Waals surface area contributed by atoms with Gasteiger partial charge in [0.25, 0.3) is 5.91 Å². The minimum absolute atomic E-state index is 0.0847. The largest absolute Gasteiger partial charge is 0.548 e. The first kappa shape index (κ1) is 19.7. The lowest BCUT2D eigenvalue weighted by atomic mass is 10.0. The third-order valence-electron chi connectivity index (χ3n) is 2.45. The molecule has 0 unspecified atom stereocenters. The third-order valence-corrected chi connectivity index (χ3v) is 2.45. The van der Waals surface area contributed by atoms with Crippen LogP contribution in [-0.2, 0) is 9.59 Å². The number of amides is 1. The predicted molar refractivity (Wildman–Crippen MR) is 69.2 cm³/mol. The van der Waals surface area contributed by atoms with E-state index in [0.29, 0.717) is 6.42 Å². The number of nitrogens with zero attached hydrogens (tertiary/aromatic N) is 1. The van der Waals surface area contributed by atoms with Gasteiger partial charge in [-0.15, -0.1) is 0 Å². The van der Waals surface area contributed by atoms with Crippen molar-refractivity contribution in [3.05, 3.63) is 0 Å². The standard InChI is InChI=1S/C11H22N2O3.C2H3N/c1-6(2)5-8(11(15)16)13-10(14)9(12)7(3)4;1-2-3/h6-9H,5,12H2,1-4H3,(H,13,14)(H,15,16);1H3/t8-,9-;/m0./s1. The molecule has 6 nitrogen and oxygen atoms in total. The average molecular weight is 271 g/mol. The quantitative estimate of drug-likeness (QED) is 0.647. The summed E-state index contributed by atoms with van der Waals surface area (Å²) in [6.45, 7) is 8.96. The fourth-order valence-corrected chi connectivity index (χ4v) is 1.27. The van der Waals surface area contributed by atoms with Crippen molar-refractivity contribution in [3.8, 4) is 6.07 Å². The van der Waals surface area contributed by atoms with Gasteiger partial charge in [-0.05, 0) is 12.3 Å². The molecular weight excluding hydrogens is 246 g/mol.